The van der Waals surface area contributed by atoms with E-state index in [1.807, 2.05) is 0 Å². The summed E-state index contributed by atoms with van der Waals surface area (Å²) in [6, 6.07) is 10.5. The lowest BCUT2D eigenvalue weighted by Gasteiger charge is -2.32. The number of carbonyl (C=O) groups is 1. The van der Waals surface area contributed by atoms with Gasteiger partial charge in [-0.25, -0.2) is 4.39 Å². The molecule has 1 aromatic heterocycles. The number of likely N-dealkylation sites (tertiary alicyclic amines) is 1. The maximum absolute atomic E-state index is 13.2. The zero-order chi connectivity index (χ0) is 16.8. The molecule has 128 valence electrons. The van der Waals surface area contributed by atoms with Crippen LogP contribution in [0.2, 0.25) is 0 Å². The zero-order valence-electron chi connectivity index (χ0n) is 13.7. The Morgan fingerprint density at radius 3 is 3.04 bits per heavy atom. The molecule has 0 aliphatic carbocycles. The summed E-state index contributed by atoms with van der Waals surface area (Å²) in [7, 11) is 0. The molecule has 1 fully saturated rings. The fourth-order valence-electron chi connectivity index (χ4n) is 3.24. The average molecular weight is 346 g/mol. The first-order valence-corrected chi connectivity index (χ1v) is 9.33. The zero-order valence-corrected chi connectivity index (χ0v) is 14.5. The number of amides is 1. The maximum Gasteiger partial charge on any atom is 0.224 e. The number of piperidine rings is 1. The van der Waals surface area contributed by atoms with Crippen molar-refractivity contribution in [2.75, 3.05) is 19.6 Å². The summed E-state index contributed by atoms with van der Waals surface area (Å²) in [5, 5.41) is 5.13. The van der Waals surface area contributed by atoms with Crippen molar-refractivity contribution in [2.24, 2.45) is 5.92 Å². The third kappa shape index (κ3) is 5.14. The van der Waals surface area contributed by atoms with E-state index in [4.69, 9.17) is 0 Å². The predicted molar refractivity (Wildman–Crippen MR) is 95.4 cm³/mol. The molecule has 1 amide bonds. The molecule has 3 nitrogen and oxygen atoms in total. The maximum atomic E-state index is 13.2. The Kier molecular flexibility index (Phi) is 5.99. The van der Waals surface area contributed by atoms with Crippen LogP contribution >= 0.6 is 11.3 Å². The number of halogens is 1. The number of hydrogen-bond acceptors (Lipinski definition) is 3. The quantitative estimate of drug-likeness (QED) is 0.869. The van der Waals surface area contributed by atoms with Crippen LogP contribution in [-0.2, 0) is 17.8 Å². The van der Waals surface area contributed by atoms with Gasteiger partial charge in [0, 0.05) is 24.5 Å². The van der Waals surface area contributed by atoms with Crippen molar-refractivity contribution in [2.45, 2.75) is 25.8 Å². The van der Waals surface area contributed by atoms with Crippen LogP contribution in [-0.4, -0.2) is 30.4 Å². The summed E-state index contributed by atoms with van der Waals surface area (Å²) in [4.78, 5) is 15.9. The Bertz CT molecular complexity index is 659. The minimum Gasteiger partial charge on any atom is -0.355 e. The molecule has 5 heteroatoms. The second-order valence-corrected chi connectivity index (χ2v) is 7.47. The molecule has 1 atom stereocenters. The average Bonchev–Trinajstić information content (AvgIpc) is 3.06. The van der Waals surface area contributed by atoms with Gasteiger partial charge in [-0.3, -0.25) is 9.69 Å². The van der Waals surface area contributed by atoms with Gasteiger partial charge in [-0.1, -0.05) is 18.2 Å². The van der Waals surface area contributed by atoms with Crippen LogP contribution in [0.1, 0.15) is 23.3 Å². The van der Waals surface area contributed by atoms with E-state index in [2.05, 4.69) is 27.7 Å². The summed E-state index contributed by atoms with van der Waals surface area (Å²) >= 11 is 1.80. The van der Waals surface area contributed by atoms with E-state index in [0.29, 0.717) is 12.5 Å². The molecule has 1 aliphatic heterocycles. The molecule has 1 N–H and O–H groups in total. The topological polar surface area (TPSA) is 32.3 Å². The molecule has 1 saturated heterocycles. The Hall–Kier alpha value is -1.72. The molecule has 0 unspecified atom stereocenters. The minimum absolute atomic E-state index is 0.0315. The minimum atomic E-state index is -0.295. The van der Waals surface area contributed by atoms with Gasteiger partial charge in [0.1, 0.15) is 5.82 Å². The Morgan fingerprint density at radius 2 is 2.25 bits per heavy atom. The van der Waals surface area contributed by atoms with Crippen molar-refractivity contribution in [1.82, 2.24) is 10.2 Å². The van der Waals surface area contributed by atoms with Crippen LogP contribution in [0.5, 0.6) is 0 Å². The lowest BCUT2D eigenvalue weighted by molar-refractivity contribution is -0.120. The molecular formula is C19H23FN2OS. The summed E-state index contributed by atoms with van der Waals surface area (Å²) < 4.78 is 13.2. The molecule has 0 spiro atoms. The highest BCUT2D eigenvalue weighted by Gasteiger charge is 2.20. The van der Waals surface area contributed by atoms with Crippen molar-refractivity contribution in [3.63, 3.8) is 0 Å². The van der Waals surface area contributed by atoms with Gasteiger partial charge < -0.3 is 5.32 Å². The summed E-state index contributed by atoms with van der Waals surface area (Å²) in [6.45, 7) is 3.87. The monoisotopic (exact) mass is 346 g/mol. The van der Waals surface area contributed by atoms with E-state index in [1.54, 1.807) is 23.5 Å². The molecule has 3 rings (SSSR count). The lowest BCUT2D eigenvalue weighted by Crippen LogP contribution is -2.40. The highest BCUT2D eigenvalue weighted by Crippen LogP contribution is 2.20. The van der Waals surface area contributed by atoms with Crippen molar-refractivity contribution < 1.29 is 9.18 Å². The molecule has 1 aliphatic rings. The molecule has 2 heterocycles. The van der Waals surface area contributed by atoms with Gasteiger partial charge in [0.2, 0.25) is 5.91 Å². The second-order valence-electron chi connectivity index (χ2n) is 6.43. The van der Waals surface area contributed by atoms with Gasteiger partial charge in [-0.2, -0.15) is 0 Å². The normalized spacial score (nSPS) is 18.5. The number of thiophene rings is 1. The van der Waals surface area contributed by atoms with E-state index < -0.39 is 0 Å². The highest BCUT2D eigenvalue weighted by molar-refractivity contribution is 7.09. The molecule has 0 saturated carbocycles. The van der Waals surface area contributed by atoms with E-state index in [9.17, 15) is 9.18 Å². The number of hydrogen-bond donors (Lipinski definition) is 1. The van der Waals surface area contributed by atoms with Crippen molar-refractivity contribution >= 4 is 17.2 Å². The van der Waals surface area contributed by atoms with Crippen molar-refractivity contribution in [1.29, 1.82) is 0 Å². The molecule has 0 radical (unpaired) electrons. The summed E-state index contributed by atoms with van der Waals surface area (Å²) in [5.41, 5.74) is 0.718. The van der Waals surface area contributed by atoms with Crippen LogP contribution in [0, 0.1) is 11.7 Å². The Morgan fingerprint density at radius 1 is 1.33 bits per heavy atom. The molecule has 2 aromatic rings. The van der Waals surface area contributed by atoms with E-state index in [-0.39, 0.29) is 18.1 Å². The molecule has 1 aromatic carbocycles. The van der Waals surface area contributed by atoms with E-state index in [0.717, 1.165) is 31.6 Å². The van der Waals surface area contributed by atoms with Crippen LogP contribution < -0.4 is 5.32 Å². The van der Waals surface area contributed by atoms with Crippen LogP contribution in [0.3, 0.4) is 0 Å². The number of nitrogens with zero attached hydrogens (tertiary/aromatic N) is 1. The first-order chi connectivity index (χ1) is 11.7. The van der Waals surface area contributed by atoms with Gasteiger partial charge in [0.15, 0.2) is 0 Å². The third-order valence-corrected chi connectivity index (χ3v) is 5.27. The SMILES string of the molecule is O=C(Cc1cccc(F)c1)NC[C@@H]1CCCN(Cc2cccs2)C1. The van der Waals surface area contributed by atoms with E-state index in [1.165, 1.54) is 23.4 Å². The van der Waals surface area contributed by atoms with Crippen LogP contribution in [0.15, 0.2) is 41.8 Å². The molecule has 0 bridgehead atoms. The fraction of sp³-hybridized carbons (Fsp3) is 0.421. The number of carbonyl (C=O) groups excluding carboxylic acids is 1. The summed E-state index contributed by atoms with van der Waals surface area (Å²) in [6.07, 6.45) is 2.57. The van der Waals surface area contributed by atoms with Gasteiger partial charge in [0.25, 0.3) is 0 Å². The molecule has 24 heavy (non-hydrogen) atoms. The van der Waals surface area contributed by atoms with E-state index >= 15 is 0 Å². The number of benzene rings is 1. The lowest BCUT2D eigenvalue weighted by atomic mass is 9.98. The summed E-state index contributed by atoms with van der Waals surface area (Å²) in [5.74, 6) is 0.169. The Balaban J connectivity index is 1.43. The standard InChI is InChI=1S/C19H23FN2OS/c20-17-6-1-4-15(10-17)11-19(23)21-12-16-5-2-8-22(13-16)14-18-7-3-9-24-18/h1,3-4,6-7,9-10,16H,2,5,8,11-14H2,(H,21,23)/t16-/m0/s1. The van der Waals surface area contributed by atoms with Crippen LogP contribution in [0.25, 0.3) is 0 Å². The first-order valence-electron chi connectivity index (χ1n) is 8.45. The van der Waals surface area contributed by atoms with Crippen LogP contribution in [0.4, 0.5) is 4.39 Å². The van der Waals surface area contributed by atoms with Crippen molar-refractivity contribution in [3.05, 3.63) is 58.0 Å². The number of rotatable bonds is 6. The predicted octanol–water partition coefficient (Wildman–Crippen LogP) is 3.46. The molecular weight excluding hydrogens is 323 g/mol. The fourth-order valence-corrected chi connectivity index (χ4v) is 3.98. The largest absolute Gasteiger partial charge is 0.355 e. The van der Waals surface area contributed by atoms with Gasteiger partial charge in [-0.15, -0.1) is 11.3 Å². The second kappa shape index (κ2) is 8.40. The number of nitrogens with one attached hydrogen (secondary N) is 1. The third-order valence-electron chi connectivity index (χ3n) is 4.40. The highest BCUT2D eigenvalue weighted by atomic mass is 32.1. The first kappa shape index (κ1) is 17.1. The Labute approximate surface area is 146 Å². The van der Waals surface area contributed by atoms with Crippen molar-refractivity contribution in [3.8, 4) is 0 Å². The van der Waals surface area contributed by atoms with Gasteiger partial charge in [-0.05, 0) is 54.4 Å². The smallest absolute Gasteiger partial charge is 0.224 e. The van der Waals surface area contributed by atoms with Gasteiger partial charge in [0.05, 0.1) is 6.42 Å². The van der Waals surface area contributed by atoms with Gasteiger partial charge >= 0.3 is 0 Å².